The highest BCUT2D eigenvalue weighted by atomic mass is 79.9. The number of ketones is 1. The maximum Gasteiger partial charge on any atom is 0.243 e. The minimum atomic E-state index is 0. The lowest BCUT2D eigenvalue weighted by atomic mass is 10.0. The summed E-state index contributed by atoms with van der Waals surface area (Å²) in [4.78, 5) is 12.2. The van der Waals surface area contributed by atoms with Gasteiger partial charge in [-0.15, -0.1) is 0 Å². The molecule has 1 heterocycles. The maximum absolute atomic E-state index is 12.2. The predicted octanol–water partition coefficient (Wildman–Crippen LogP) is -0.134. The van der Waals surface area contributed by atoms with Crippen molar-refractivity contribution in [2.45, 2.75) is 6.54 Å². The number of hydrogen-bond donors (Lipinski definition) is 0. The number of carbonyl (C=O) groups excluding carboxylic acids is 1. The SMILES string of the molecule is C[n+]1ccn(CC(=O)c2ccc(-c3ccccc3)cc2)c1.[Br-]. The number of carbonyl (C=O) groups is 1. The van der Waals surface area contributed by atoms with Crippen molar-refractivity contribution in [2.75, 3.05) is 0 Å². The molecule has 0 spiro atoms. The Balaban J connectivity index is 0.00000176. The summed E-state index contributed by atoms with van der Waals surface area (Å²) in [5.41, 5.74) is 3.03. The lowest BCUT2D eigenvalue weighted by Gasteiger charge is -2.03. The number of halogens is 1. The highest BCUT2D eigenvalue weighted by Crippen LogP contribution is 2.19. The van der Waals surface area contributed by atoms with Gasteiger partial charge >= 0.3 is 0 Å². The second-order valence-corrected chi connectivity index (χ2v) is 5.12. The van der Waals surface area contributed by atoms with Crippen molar-refractivity contribution in [3.63, 3.8) is 0 Å². The van der Waals surface area contributed by atoms with Gasteiger partial charge in [-0.1, -0.05) is 54.6 Å². The Morgan fingerprint density at radius 1 is 1.00 bits per heavy atom. The predicted molar refractivity (Wildman–Crippen MR) is 81.8 cm³/mol. The Bertz CT molecular complexity index is 748. The zero-order valence-corrected chi connectivity index (χ0v) is 13.9. The third kappa shape index (κ3) is 3.71. The molecule has 0 saturated carbocycles. The van der Waals surface area contributed by atoms with Gasteiger partial charge in [0, 0.05) is 5.56 Å². The van der Waals surface area contributed by atoms with E-state index >= 15 is 0 Å². The van der Waals surface area contributed by atoms with Crippen molar-refractivity contribution in [3.05, 3.63) is 78.9 Å². The average Bonchev–Trinajstić information content (AvgIpc) is 2.93. The second-order valence-electron chi connectivity index (χ2n) is 5.12. The standard InChI is InChI=1S/C18H17N2O.BrH/c1-19-11-12-20(14-19)13-18(21)17-9-7-16(8-10-17)15-5-3-2-4-6-15;/h2-12,14H,13H2,1H3;1H/q+1;/p-1. The quantitative estimate of drug-likeness (QED) is 0.472. The minimum Gasteiger partial charge on any atom is -1.00 e. The van der Waals surface area contributed by atoms with Gasteiger partial charge in [-0.05, 0) is 11.1 Å². The van der Waals surface area contributed by atoms with E-state index in [-0.39, 0.29) is 22.8 Å². The number of imidazole rings is 1. The van der Waals surface area contributed by atoms with Gasteiger partial charge in [-0.3, -0.25) is 4.79 Å². The molecule has 1 aromatic heterocycles. The smallest absolute Gasteiger partial charge is 0.243 e. The average molecular weight is 357 g/mol. The largest absolute Gasteiger partial charge is 1.00 e. The zero-order chi connectivity index (χ0) is 14.7. The lowest BCUT2D eigenvalue weighted by Crippen LogP contribution is -3.00. The molecule has 0 unspecified atom stereocenters. The number of rotatable bonds is 4. The summed E-state index contributed by atoms with van der Waals surface area (Å²) < 4.78 is 3.80. The number of aromatic nitrogens is 2. The molecular weight excluding hydrogens is 340 g/mol. The van der Waals surface area contributed by atoms with E-state index in [0.29, 0.717) is 6.54 Å². The van der Waals surface area contributed by atoms with Gasteiger partial charge in [0.15, 0.2) is 6.54 Å². The summed E-state index contributed by atoms with van der Waals surface area (Å²) >= 11 is 0. The van der Waals surface area contributed by atoms with Crippen molar-refractivity contribution in [1.29, 1.82) is 0 Å². The van der Waals surface area contributed by atoms with Gasteiger partial charge in [0.1, 0.15) is 12.4 Å². The molecule has 3 nitrogen and oxygen atoms in total. The van der Waals surface area contributed by atoms with E-state index in [1.165, 1.54) is 0 Å². The molecule has 0 bridgehead atoms. The van der Waals surface area contributed by atoms with E-state index in [0.717, 1.165) is 16.7 Å². The fraction of sp³-hybridized carbons (Fsp3) is 0.111. The van der Waals surface area contributed by atoms with E-state index in [1.807, 2.05) is 77.4 Å². The molecule has 3 rings (SSSR count). The molecule has 0 aliphatic heterocycles. The molecular formula is C18H17BrN2O. The fourth-order valence-electron chi connectivity index (χ4n) is 2.33. The molecule has 0 aliphatic carbocycles. The molecule has 2 aromatic carbocycles. The number of benzene rings is 2. The van der Waals surface area contributed by atoms with E-state index < -0.39 is 0 Å². The minimum absolute atomic E-state index is 0. The fourth-order valence-corrected chi connectivity index (χ4v) is 2.33. The van der Waals surface area contributed by atoms with Crippen LogP contribution in [0, 0.1) is 0 Å². The molecule has 0 radical (unpaired) electrons. The van der Waals surface area contributed by atoms with Gasteiger partial charge in [-0.25, -0.2) is 9.13 Å². The van der Waals surface area contributed by atoms with Crippen molar-refractivity contribution >= 4 is 5.78 Å². The van der Waals surface area contributed by atoms with Crippen LogP contribution < -0.4 is 21.5 Å². The van der Waals surface area contributed by atoms with Crippen LogP contribution in [0.4, 0.5) is 0 Å². The van der Waals surface area contributed by atoms with Gasteiger partial charge in [-0.2, -0.15) is 0 Å². The van der Waals surface area contributed by atoms with Crippen LogP contribution in [0.2, 0.25) is 0 Å². The van der Waals surface area contributed by atoms with Crippen molar-refractivity contribution in [2.24, 2.45) is 7.05 Å². The Morgan fingerprint density at radius 2 is 1.64 bits per heavy atom. The Morgan fingerprint density at radius 3 is 2.23 bits per heavy atom. The molecule has 112 valence electrons. The van der Waals surface area contributed by atoms with E-state index in [9.17, 15) is 4.79 Å². The molecule has 0 atom stereocenters. The van der Waals surface area contributed by atoms with Crippen LogP contribution in [0.15, 0.2) is 73.3 Å². The van der Waals surface area contributed by atoms with Crippen LogP contribution in [0.5, 0.6) is 0 Å². The van der Waals surface area contributed by atoms with Crippen LogP contribution in [0.1, 0.15) is 10.4 Å². The first-order valence-electron chi connectivity index (χ1n) is 6.92. The lowest BCUT2D eigenvalue weighted by molar-refractivity contribution is -0.671. The van der Waals surface area contributed by atoms with E-state index in [1.54, 1.807) is 0 Å². The monoisotopic (exact) mass is 356 g/mol. The first-order chi connectivity index (χ1) is 10.2. The van der Waals surface area contributed by atoms with Crippen molar-refractivity contribution in [1.82, 2.24) is 4.57 Å². The molecule has 4 heteroatoms. The maximum atomic E-state index is 12.2. The number of Topliss-reactive ketones (excluding diaryl/α,β-unsaturated/α-hetero) is 1. The molecule has 0 saturated heterocycles. The van der Waals surface area contributed by atoms with Crippen LogP contribution >= 0.6 is 0 Å². The van der Waals surface area contributed by atoms with Crippen molar-refractivity contribution < 1.29 is 26.3 Å². The summed E-state index contributed by atoms with van der Waals surface area (Å²) in [6.45, 7) is 0.367. The van der Waals surface area contributed by atoms with Gasteiger partial charge in [0.25, 0.3) is 0 Å². The molecule has 3 aromatic rings. The Hall–Kier alpha value is -2.20. The Kier molecular flexibility index (Phi) is 5.28. The van der Waals surface area contributed by atoms with E-state index in [2.05, 4.69) is 12.1 Å². The number of nitrogens with zero attached hydrogens (tertiary/aromatic N) is 2. The normalized spacial score (nSPS) is 10.0. The molecule has 0 N–H and O–H groups in total. The first kappa shape index (κ1) is 16.2. The third-order valence-electron chi connectivity index (χ3n) is 3.46. The third-order valence-corrected chi connectivity index (χ3v) is 3.46. The topological polar surface area (TPSA) is 25.9 Å². The molecule has 0 amide bonds. The molecule has 0 fully saturated rings. The first-order valence-corrected chi connectivity index (χ1v) is 6.92. The van der Waals surface area contributed by atoms with Crippen LogP contribution in [-0.4, -0.2) is 10.4 Å². The summed E-state index contributed by atoms with van der Waals surface area (Å²) in [6, 6.07) is 17.9. The van der Waals surface area contributed by atoms with Crippen LogP contribution in [0.3, 0.4) is 0 Å². The van der Waals surface area contributed by atoms with Gasteiger partial charge < -0.3 is 17.0 Å². The number of hydrogen-bond acceptors (Lipinski definition) is 1. The molecule has 22 heavy (non-hydrogen) atoms. The zero-order valence-electron chi connectivity index (χ0n) is 12.3. The van der Waals surface area contributed by atoms with E-state index in [4.69, 9.17) is 0 Å². The Labute approximate surface area is 140 Å². The van der Waals surface area contributed by atoms with Crippen LogP contribution in [0.25, 0.3) is 11.1 Å². The molecule has 0 aliphatic rings. The van der Waals surface area contributed by atoms with Crippen LogP contribution in [-0.2, 0) is 13.6 Å². The van der Waals surface area contributed by atoms with Gasteiger partial charge in [0.05, 0.1) is 7.05 Å². The number of aryl methyl sites for hydroxylation is 1. The summed E-state index contributed by atoms with van der Waals surface area (Å²) in [5, 5.41) is 0. The summed E-state index contributed by atoms with van der Waals surface area (Å²) in [7, 11) is 1.94. The second kappa shape index (κ2) is 7.18. The highest BCUT2D eigenvalue weighted by Gasteiger charge is 2.10. The highest BCUT2D eigenvalue weighted by molar-refractivity contribution is 5.96. The summed E-state index contributed by atoms with van der Waals surface area (Å²) in [6.07, 6.45) is 5.72. The summed E-state index contributed by atoms with van der Waals surface area (Å²) in [5.74, 6) is 0.116. The van der Waals surface area contributed by atoms with Crippen molar-refractivity contribution in [3.8, 4) is 11.1 Å². The van der Waals surface area contributed by atoms with Gasteiger partial charge in [0.2, 0.25) is 12.1 Å².